The van der Waals surface area contributed by atoms with Crippen LogP contribution < -0.4 is 21.1 Å². The molecule has 3 rings (SSSR count). The van der Waals surface area contributed by atoms with Crippen molar-refractivity contribution in [3.8, 4) is 11.5 Å². The minimum Gasteiger partial charge on any atom is -0.772 e. The number of hydrogen-bond acceptors (Lipinski definition) is 6. The summed E-state index contributed by atoms with van der Waals surface area (Å²) in [6, 6.07) is 14.3. The average molecular weight is 432 g/mol. The number of aromatic nitrogens is 1. The predicted octanol–water partition coefficient (Wildman–Crippen LogP) is 4.13. The molecule has 0 saturated carbocycles. The number of nitrogens with one attached hydrogen (secondary N) is 2. The van der Waals surface area contributed by atoms with Gasteiger partial charge in [-0.25, -0.2) is 9.78 Å². The van der Waals surface area contributed by atoms with Gasteiger partial charge in [-0.05, 0) is 29.8 Å². The summed E-state index contributed by atoms with van der Waals surface area (Å²) >= 11 is 3.74. The maximum Gasteiger partial charge on any atom is 0.323 e. The average Bonchev–Trinajstić information content (AvgIpc) is 2.66. The Bertz CT molecular complexity index is 1050. The highest BCUT2D eigenvalue weighted by atomic mass is 35.5. The monoisotopic (exact) mass is 431 g/mol. The van der Waals surface area contributed by atoms with Gasteiger partial charge in [-0.2, -0.15) is 0 Å². The third-order valence-electron chi connectivity index (χ3n) is 3.66. The molecule has 1 aromatic heterocycles. The first-order valence-electron chi connectivity index (χ1n) is 8.31. The number of nitrogens with two attached hydrogens (primary N) is 1. The fraction of sp³-hybridized carbons (Fsp3) is 0.0526. The van der Waals surface area contributed by atoms with Gasteiger partial charge >= 0.3 is 6.03 Å². The van der Waals surface area contributed by atoms with Crippen LogP contribution in [0.2, 0.25) is 5.02 Å². The molecule has 3 aromatic rings. The summed E-state index contributed by atoms with van der Waals surface area (Å²) in [5, 5.41) is 5.74. The summed E-state index contributed by atoms with van der Waals surface area (Å²) in [5.41, 5.74) is 7.41. The highest BCUT2D eigenvalue weighted by molar-refractivity contribution is 7.78. The van der Waals surface area contributed by atoms with Crippen LogP contribution in [0.4, 0.5) is 22.0 Å². The van der Waals surface area contributed by atoms with Gasteiger partial charge < -0.3 is 25.7 Å². The van der Waals surface area contributed by atoms with Crippen LogP contribution >= 0.6 is 11.6 Å². The number of benzene rings is 2. The lowest BCUT2D eigenvalue weighted by atomic mass is 10.2. The second-order valence-corrected chi connectivity index (χ2v) is 7.22. The number of nitrogen functional groups attached to an aromatic ring is 1. The summed E-state index contributed by atoms with van der Waals surface area (Å²) in [6.45, 7) is 0. The van der Waals surface area contributed by atoms with Crippen molar-refractivity contribution in [1.29, 1.82) is 0 Å². The second kappa shape index (κ2) is 9.37. The van der Waals surface area contributed by atoms with Crippen molar-refractivity contribution in [3.63, 3.8) is 0 Å². The number of carbonyl (C=O) groups excluding carboxylic acids is 1. The number of urea groups is 1. The predicted molar refractivity (Wildman–Crippen MR) is 112 cm³/mol. The maximum absolute atomic E-state index is 12.2. The fourth-order valence-corrected chi connectivity index (χ4v) is 3.00. The lowest BCUT2D eigenvalue weighted by Gasteiger charge is -2.11. The molecule has 0 saturated heterocycles. The van der Waals surface area contributed by atoms with Gasteiger partial charge in [0, 0.05) is 35.5 Å². The Labute approximate surface area is 174 Å². The van der Waals surface area contributed by atoms with E-state index in [9.17, 15) is 13.6 Å². The zero-order valence-corrected chi connectivity index (χ0v) is 16.5. The SMILES string of the molecule is Nc1ncc(Cl)cc1Oc1cccc(NC(=O)Nc2ccc(CS(=O)[O-])cc2)c1. The maximum atomic E-state index is 12.2. The molecule has 2 amide bonds. The Morgan fingerprint density at radius 3 is 2.59 bits per heavy atom. The van der Waals surface area contributed by atoms with Crippen molar-refractivity contribution < 1.29 is 18.3 Å². The molecule has 0 radical (unpaired) electrons. The molecule has 1 atom stereocenters. The van der Waals surface area contributed by atoms with Crippen LogP contribution in [0.15, 0.2) is 60.8 Å². The van der Waals surface area contributed by atoms with Crippen LogP contribution in [0.3, 0.4) is 0 Å². The van der Waals surface area contributed by atoms with Gasteiger partial charge in [-0.3, -0.25) is 4.21 Å². The van der Waals surface area contributed by atoms with E-state index in [4.69, 9.17) is 22.1 Å². The van der Waals surface area contributed by atoms with E-state index in [0.29, 0.717) is 33.5 Å². The first kappa shape index (κ1) is 20.6. The van der Waals surface area contributed by atoms with Crippen molar-refractivity contribution in [2.45, 2.75) is 5.75 Å². The summed E-state index contributed by atoms with van der Waals surface area (Å²) in [5.74, 6) is 0.854. The van der Waals surface area contributed by atoms with Gasteiger partial charge in [0.15, 0.2) is 11.6 Å². The molecule has 1 unspecified atom stereocenters. The van der Waals surface area contributed by atoms with Gasteiger partial charge in [0.1, 0.15) is 5.75 Å². The van der Waals surface area contributed by atoms with E-state index in [1.54, 1.807) is 54.6 Å². The molecule has 0 aliphatic rings. The number of pyridine rings is 1. The first-order chi connectivity index (χ1) is 13.9. The largest absolute Gasteiger partial charge is 0.772 e. The Morgan fingerprint density at radius 1 is 1.14 bits per heavy atom. The number of carbonyl (C=O) groups is 1. The standard InChI is InChI=1S/C19H17ClN4O4S/c20-13-8-17(18(21)22-10-13)28-16-3-1-2-15(9-16)24-19(25)23-14-6-4-12(5-7-14)11-29(26)27/h1-10H,11H2,(H2,21,22)(H,26,27)(H2,23,24,25)/p-1. The molecule has 4 N–H and O–H groups in total. The van der Waals surface area contributed by atoms with Gasteiger partial charge in [-0.1, -0.05) is 40.9 Å². The lowest BCUT2D eigenvalue weighted by molar-refractivity contribution is 0.262. The van der Waals surface area contributed by atoms with Crippen LogP contribution in [0.5, 0.6) is 11.5 Å². The van der Waals surface area contributed by atoms with Gasteiger partial charge in [-0.15, -0.1) is 0 Å². The van der Waals surface area contributed by atoms with E-state index in [-0.39, 0.29) is 11.6 Å². The number of nitrogens with zero attached hydrogens (tertiary/aromatic N) is 1. The molecule has 0 spiro atoms. The fourth-order valence-electron chi connectivity index (χ4n) is 2.39. The number of anilines is 3. The molecular formula is C19H16ClN4O4S-. The van der Waals surface area contributed by atoms with Crippen molar-refractivity contribution in [2.75, 3.05) is 16.4 Å². The highest BCUT2D eigenvalue weighted by Gasteiger charge is 2.07. The van der Waals surface area contributed by atoms with Gasteiger partial charge in [0.2, 0.25) is 0 Å². The Hall–Kier alpha value is -3.14. The zero-order valence-electron chi connectivity index (χ0n) is 14.9. The lowest BCUT2D eigenvalue weighted by Crippen LogP contribution is -2.19. The van der Waals surface area contributed by atoms with Crippen molar-refractivity contribution in [3.05, 3.63) is 71.4 Å². The smallest absolute Gasteiger partial charge is 0.323 e. The number of ether oxygens (including phenoxy) is 1. The quantitative estimate of drug-likeness (QED) is 0.503. The number of rotatable bonds is 6. The first-order valence-corrected chi connectivity index (χ1v) is 9.93. The molecule has 2 aromatic carbocycles. The van der Waals surface area contributed by atoms with Crippen LogP contribution in [-0.2, 0) is 16.8 Å². The van der Waals surface area contributed by atoms with Gasteiger partial charge in [0.05, 0.1) is 5.02 Å². The van der Waals surface area contributed by atoms with Crippen LogP contribution in [-0.4, -0.2) is 19.8 Å². The van der Waals surface area contributed by atoms with E-state index < -0.39 is 17.1 Å². The molecule has 8 nitrogen and oxygen atoms in total. The molecule has 10 heteroatoms. The Morgan fingerprint density at radius 2 is 1.86 bits per heavy atom. The van der Waals surface area contributed by atoms with E-state index in [0.717, 1.165) is 0 Å². The van der Waals surface area contributed by atoms with E-state index >= 15 is 0 Å². The van der Waals surface area contributed by atoms with E-state index in [1.807, 2.05) is 0 Å². The topological polar surface area (TPSA) is 129 Å². The summed E-state index contributed by atoms with van der Waals surface area (Å²) in [6.07, 6.45) is 1.42. The van der Waals surface area contributed by atoms with Crippen molar-refractivity contribution >= 4 is 45.9 Å². The summed E-state index contributed by atoms with van der Waals surface area (Å²) in [4.78, 5) is 16.1. The molecule has 150 valence electrons. The van der Waals surface area contributed by atoms with Crippen molar-refractivity contribution in [1.82, 2.24) is 4.98 Å². The van der Waals surface area contributed by atoms with Gasteiger partial charge in [0.25, 0.3) is 0 Å². The third kappa shape index (κ3) is 6.18. The summed E-state index contributed by atoms with van der Waals surface area (Å²) < 4.78 is 27.1. The second-order valence-electron chi connectivity index (χ2n) is 5.89. The van der Waals surface area contributed by atoms with Crippen LogP contribution in [0, 0.1) is 0 Å². The summed E-state index contributed by atoms with van der Waals surface area (Å²) in [7, 11) is 0. The molecular weight excluding hydrogens is 416 g/mol. The third-order valence-corrected chi connectivity index (χ3v) is 4.44. The normalized spacial score (nSPS) is 11.5. The Kier molecular flexibility index (Phi) is 6.65. The number of hydrogen-bond donors (Lipinski definition) is 3. The molecule has 1 heterocycles. The number of amides is 2. The molecule has 0 aliphatic heterocycles. The molecule has 0 aliphatic carbocycles. The van der Waals surface area contributed by atoms with Crippen LogP contribution in [0.25, 0.3) is 0 Å². The molecule has 0 fully saturated rings. The number of halogens is 1. The highest BCUT2D eigenvalue weighted by Crippen LogP contribution is 2.29. The Balaban J connectivity index is 1.63. The van der Waals surface area contributed by atoms with E-state index in [1.165, 1.54) is 6.20 Å². The minimum atomic E-state index is -2.16. The van der Waals surface area contributed by atoms with E-state index in [2.05, 4.69) is 15.6 Å². The zero-order chi connectivity index (χ0) is 20.8. The minimum absolute atomic E-state index is 0.0775. The molecule has 0 bridgehead atoms. The van der Waals surface area contributed by atoms with Crippen LogP contribution in [0.1, 0.15) is 5.56 Å². The van der Waals surface area contributed by atoms with Crippen molar-refractivity contribution in [2.24, 2.45) is 0 Å². The molecule has 29 heavy (non-hydrogen) atoms.